The fourth-order valence-electron chi connectivity index (χ4n) is 4.93. The van der Waals surface area contributed by atoms with Crippen LogP contribution in [0.25, 0.3) is 0 Å². The van der Waals surface area contributed by atoms with E-state index >= 15 is 0 Å². The van der Waals surface area contributed by atoms with E-state index in [9.17, 15) is 9.59 Å². The minimum absolute atomic E-state index is 0.0222. The summed E-state index contributed by atoms with van der Waals surface area (Å²) < 4.78 is 0. The Hall–Kier alpha value is -2.77. The van der Waals surface area contributed by atoms with Crippen LogP contribution in [-0.2, 0) is 9.59 Å². The predicted octanol–water partition coefficient (Wildman–Crippen LogP) is 4.70. The largest absolute Gasteiger partial charge is 0.341 e. The lowest BCUT2D eigenvalue weighted by Gasteiger charge is -2.37. The lowest BCUT2D eigenvalue weighted by Crippen LogP contribution is -2.44. The fourth-order valence-corrected chi connectivity index (χ4v) is 5.22. The van der Waals surface area contributed by atoms with Gasteiger partial charge >= 0.3 is 0 Å². The smallest absolute Gasteiger partial charge is 0.298 e. The molecule has 2 fully saturated rings. The van der Waals surface area contributed by atoms with Gasteiger partial charge in [0.25, 0.3) is 5.91 Å². The number of halogens is 1. The highest BCUT2D eigenvalue weighted by atomic mass is 35.5. The molecule has 166 valence electrons. The van der Waals surface area contributed by atoms with Crippen molar-refractivity contribution in [2.75, 3.05) is 26.2 Å². The van der Waals surface area contributed by atoms with Gasteiger partial charge in [0, 0.05) is 36.5 Å². The molecule has 0 N–H and O–H groups in total. The molecule has 1 aliphatic carbocycles. The monoisotopic (exact) mass is 448 g/mol. The van der Waals surface area contributed by atoms with Crippen LogP contribution in [0, 0.1) is 18.3 Å². The van der Waals surface area contributed by atoms with Gasteiger partial charge in [-0.3, -0.25) is 9.59 Å². The van der Waals surface area contributed by atoms with E-state index in [0.717, 1.165) is 29.8 Å². The maximum Gasteiger partial charge on any atom is 0.298 e. The lowest BCUT2D eigenvalue weighted by atomic mass is 9.73. The molecule has 2 unspecified atom stereocenters. The van der Waals surface area contributed by atoms with Crippen molar-refractivity contribution in [3.05, 3.63) is 70.7 Å². The number of hydrogen-bond acceptors (Lipinski definition) is 2. The molecule has 0 radical (unpaired) electrons. The van der Waals surface area contributed by atoms with E-state index in [-0.39, 0.29) is 24.3 Å². The van der Waals surface area contributed by atoms with Gasteiger partial charge in [0.1, 0.15) is 6.54 Å². The zero-order chi connectivity index (χ0) is 22.5. The van der Waals surface area contributed by atoms with Crippen LogP contribution in [0.3, 0.4) is 0 Å². The summed E-state index contributed by atoms with van der Waals surface area (Å²) >= 11 is 6.36. The summed E-state index contributed by atoms with van der Waals surface area (Å²) in [5.74, 6) is 2.71. The number of carbonyl (C=O) groups is 2. The highest BCUT2D eigenvalue weighted by Crippen LogP contribution is 2.40. The maximum atomic E-state index is 13.1. The summed E-state index contributed by atoms with van der Waals surface area (Å²) in [6, 6.07) is 18.1. The first-order chi connectivity index (χ1) is 15.6. The van der Waals surface area contributed by atoms with Crippen LogP contribution < -0.4 is 0 Å². The third-order valence-corrected chi connectivity index (χ3v) is 7.33. The zero-order valence-corrected chi connectivity index (χ0v) is 19.0. The van der Waals surface area contributed by atoms with Gasteiger partial charge in [-0.15, -0.1) is 6.42 Å². The summed E-state index contributed by atoms with van der Waals surface area (Å²) in [7, 11) is 0. The van der Waals surface area contributed by atoms with Crippen LogP contribution >= 0.6 is 11.6 Å². The van der Waals surface area contributed by atoms with Crippen molar-refractivity contribution in [3.8, 4) is 12.3 Å². The number of nitrogens with zero attached hydrogens (tertiary/aromatic N) is 2. The van der Waals surface area contributed by atoms with Crippen molar-refractivity contribution in [2.24, 2.45) is 5.92 Å². The van der Waals surface area contributed by atoms with Crippen molar-refractivity contribution in [1.82, 2.24) is 9.80 Å². The van der Waals surface area contributed by atoms with Gasteiger partial charge in [0.15, 0.2) is 0 Å². The summed E-state index contributed by atoms with van der Waals surface area (Å²) in [6.45, 7) is 1.78. The average Bonchev–Trinajstić information content (AvgIpc) is 3.27. The van der Waals surface area contributed by atoms with E-state index in [1.807, 2.05) is 47.4 Å². The first kappa shape index (κ1) is 22.4. The number of benzene rings is 2. The normalized spacial score (nSPS) is 19.1. The molecule has 2 aromatic carbocycles. The Kier molecular flexibility index (Phi) is 7.17. The highest BCUT2D eigenvalue weighted by Gasteiger charge is 2.34. The summed E-state index contributed by atoms with van der Waals surface area (Å²) in [4.78, 5) is 29.1. The van der Waals surface area contributed by atoms with E-state index in [2.05, 4.69) is 18.1 Å². The number of terminal acetylenes is 1. The Morgan fingerprint density at radius 1 is 1.09 bits per heavy atom. The average molecular weight is 449 g/mol. The first-order valence-electron chi connectivity index (χ1n) is 11.4. The Bertz CT molecular complexity index is 996. The second-order valence-corrected chi connectivity index (χ2v) is 9.29. The molecule has 5 heteroatoms. The highest BCUT2D eigenvalue weighted by molar-refractivity contribution is 6.31. The molecule has 2 amide bonds. The molecule has 1 aliphatic heterocycles. The van der Waals surface area contributed by atoms with Gasteiger partial charge < -0.3 is 9.80 Å². The zero-order valence-electron chi connectivity index (χ0n) is 18.3. The molecule has 0 spiro atoms. The topological polar surface area (TPSA) is 40.6 Å². The van der Waals surface area contributed by atoms with E-state index in [0.29, 0.717) is 25.6 Å². The molecule has 2 aliphatic rings. The van der Waals surface area contributed by atoms with Crippen molar-refractivity contribution in [3.63, 3.8) is 0 Å². The molecule has 2 aromatic rings. The molecular weight excluding hydrogens is 420 g/mol. The Labute approximate surface area is 195 Å². The quantitative estimate of drug-likeness (QED) is 0.576. The van der Waals surface area contributed by atoms with Gasteiger partial charge in [-0.2, -0.15) is 0 Å². The second kappa shape index (κ2) is 10.2. The lowest BCUT2D eigenvalue weighted by molar-refractivity contribution is -0.137. The molecular formula is C27H29ClN2O2. The fraction of sp³-hybridized carbons (Fsp3) is 0.407. The van der Waals surface area contributed by atoms with Crippen molar-refractivity contribution < 1.29 is 9.59 Å². The molecule has 0 aromatic heterocycles. The van der Waals surface area contributed by atoms with Gasteiger partial charge in [-0.25, -0.2) is 0 Å². The van der Waals surface area contributed by atoms with Crippen molar-refractivity contribution in [1.29, 1.82) is 0 Å². The van der Waals surface area contributed by atoms with Gasteiger partial charge in [-0.1, -0.05) is 66.6 Å². The number of carbonyl (C=O) groups excluding carboxylic acids is 2. The molecule has 4 nitrogen and oxygen atoms in total. The molecule has 32 heavy (non-hydrogen) atoms. The van der Waals surface area contributed by atoms with Crippen molar-refractivity contribution in [2.45, 2.75) is 37.5 Å². The Balaban J connectivity index is 1.44. The Morgan fingerprint density at radius 2 is 1.81 bits per heavy atom. The summed E-state index contributed by atoms with van der Waals surface area (Å²) in [5.41, 5.74) is 2.29. The van der Waals surface area contributed by atoms with Crippen LogP contribution in [0.5, 0.6) is 0 Å². The first-order valence-corrected chi connectivity index (χ1v) is 11.8. The SMILES string of the molecule is C#CC(=O)N(CC(=O)N1CCC(c2ccccc2Cl)C1)CC(c1ccccc1)C1CCC1. The molecule has 1 saturated heterocycles. The standard InChI is InChI=1S/C27H29ClN2O2/c1-2-26(31)30(18-24(21-11-8-12-21)20-9-4-3-5-10-20)19-27(32)29-16-15-22(17-29)23-13-6-7-14-25(23)28/h1,3-7,9-10,13-14,21-22,24H,8,11-12,15-19H2. The number of amides is 2. The molecule has 4 rings (SSSR count). The molecule has 2 atom stereocenters. The van der Waals surface area contributed by atoms with Gasteiger partial charge in [-0.05, 0) is 48.3 Å². The van der Waals surface area contributed by atoms with E-state index < -0.39 is 5.91 Å². The second-order valence-electron chi connectivity index (χ2n) is 8.89. The minimum Gasteiger partial charge on any atom is -0.341 e. The number of likely N-dealkylation sites (tertiary alicyclic amines) is 1. The molecule has 0 bridgehead atoms. The van der Waals surface area contributed by atoms with Gasteiger partial charge in [0.05, 0.1) is 0 Å². The van der Waals surface area contributed by atoms with E-state index in [1.165, 1.54) is 12.0 Å². The van der Waals surface area contributed by atoms with Crippen molar-refractivity contribution >= 4 is 23.4 Å². The number of hydrogen-bond donors (Lipinski definition) is 0. The Morgan fingerprint density at radius 3 is 2.47 bits per heavy atom. The third-order valence-electron chi connectivity index (χ3n) is 6.99. The van der Waals surface area contributed by atoms with Crippen LogP contribution in [0.15, 0.2) is 54.6 Å². The van der Waals surface area contributed by atoms with Gasteiger partial charge in [0.2, 0.25) is 5.91 Å². The van der Waals surface area contributed by atoms with E-state index in [1.54, 1.807) is 4.90 Å². The molecule has 1 heterocycles. The van der Waals surface area contributed by atoms with E-state index in [4.69, 9.17) is 18.0 Å². The predicted molar refractivity (Wildman–Crippen MR) is 127 cm³/mol. The third kappa shape index (κ3) is 5.00. The minimum atomic E-state index is -0.416. The summed E-state index contributed by atoms with van der Waals surface area (Å²) in [6.07, 6.45) is 9.86. The summed E-state index contributed by atoms with van der Waals surface area (Å²) in [5, 5.41) is 0.738. The van der Waals surface area contributed by atoms with Crippen LogP contribution in [0.1, 0.15) is 48.6 Å². The van der Waals surface area contributed by atoms with Crippen LogP contribution in [0.4, 0.5) is 0 Å². The van der Waals surface area contributed by atoms with Crippen LogP contribution in [0.2, 0.25) is 5.02 Å². The van der Waals surface area contributed by atoms with Crippen LogP contribution in [-0.4, -0.2) is 47.8 Å². The maximum absolute atomic E-state index is 13.1. The number of rotatable bonds is 7. The molecule has 1 saturated carbocycles.